The Kier molecular flexibility index (Phi) is 43.6. The third-order valence-corrected chi connectivity index (χ3v) is 10.7. The average molecular weight is 1380 g/mol. The summed E-state index contributed by atoms with van der Waals surface area (Å²) in [4.78, 5) is 0. The topological polar surface area (TPSA) is 219 Å². The van der Waals surface area contributed by atoms with Gasteiger partial charge in [-0.25, -0.2) is 0 Å². The van der Waals surface area contributed by atoms with E-state index in [0.717, 1.165) is 61.6 Å². The van der Waals surface area contributed by atoms with Crippen LogP contribution in [0.5, 0.6) is 0 Å². The van der Waals surface area contributed by atoms with Gasteiger partial charge in [0.2, 0.25) is 0 Å². The fourth-order valence-electron chi connectivity index (χ4n) is 5.50. The van der Waals surface area contributed by atoms with Gasteiger partial charge in [0.25, 0.3) is 0 Å². The second-order valence-corrected chi connectivity index (χ2v) is 15.2. The first-order chi connectivity index (χ1) is 29.0. The fraction of sp³-hybridized carbons (Fsp3) is 0.367. The molecule has 14 nitrogen and oxygen atoms in total. The standard InChI is InChI=1S/C9H11N.3C8H11N3.2C8H10N2.6Y/c1-5-10-6-7(2)8(3)9(10)4;1-5-6(2)11(7(3)9)4-8(5)10;1-5-4-11(7(3)9)8(10)6(5)2;1-5-4-11(8(9)10)7(3)6(5)2;1-6-4-10(8(3)9)5-7(6)2;1-6-4-5-10(7(6)2)8(3)9;;;;;;/h1,5H,2-4H3;2*10H2,1-3H3;1-3H3,(H2-,9,10);2*4H,1-3H3;;;;;;/q6*-2;;;;;;. The maximum atomic E-state index is 9.14. The van der Waals surface area contributed by atoms with Crippen LogP contribution < -0.4 is 17.2 Å². The van der Waals surface area contributed by atoms with Crippen molar-refractivity contribution in [1.29, 1.82) is 0 Å². The fourth-order valence-corrected chi connectivity index (χ4v) is 5.50. The van der Waals surface area contributed by atoms with E-state index in [1.165, 1.54) is 32.2 Å². The maximum Gasteiger partial charge on any atom is 0 e. The van der Waals surface area contributed by atoms with Crippen LogP contribution >= 0.6 is 0 Å². The summed E-state index contributed by atoms with van der Waals surface area (Å²) in [6.45, 7) is 39.2. The van der Waals surface area contributed by atoms with Gasteiger partial charge < -0.3 is 78.2 Å². The van der Waals surface area contributed by atoms with E-state index in [0.29, 0.717) is 11.5 Å². The van der Waals surface area contributed by atoms with Crippen molar-refractivity contribution in [3.05, 3.63) is 161 Å². The Labute approximate surface area is 564 Å². The number of aryl methyl sites for hydroxylation is 6. The van der Waals surface area contributed by atoms with Crippen LogP contribution in [-0.2, 0) is 196 Å². The van der Waals surface area contributed by atoms with Gasteiger partial charge in [-0.2, -0.15) is 88.0 Å². The molecule has 6 radical (unpaired) electrons. The van der Waals surface area contributed by atoms with E-state index in [1.807, 2.05) is 107 Å². The Balaban J connectivity index is -0.000000170. The molecule has 0 fully saturated rings. The van der Waals surface area contributed by atoms with Gasteiger partial charge in [0.05, 0.1) is 0 Å². The summed E-state index contributed by atoms with van der Waals surface area (Å²) in [7, 11) is 0. The molecule has 360 valence electrons. The molecule has 6 aromatic rings. The molecule has 0 saturated carbocycles. The van der Waals surface area contributed by atoms with Gasteiger partial charge in [-0.3, -0.25) is 6.20 Å². The Morgan fingerprint density at radius 3 is 1.07 bits per heavy atom. The third-order valence-electron chi connectivity index (χ3n) is 10.7. The van der Waals surface area contributed by atoms with E-state index in [4.69, 9.17) is 50.8 Å². The predicted molar refractivity (Wildman–Crippen MR) is 266 cm³/mol. The van der Waals surface area contributed by atoms with Gasteiger partial charge in [0.1, 0.15) is 0 Å². The minimum atomic E-state index is -0.223. The van der Waals surface area contributed by atoms with E-state index in [9.17, 15) is 0 Å². The van der Waals surface area contributed by atoms with E-state index >= 15 is 0 Å². The van der Waals surface area contributed by atoms with E-state index < -0.39 is 0 Å². The first-order valence-electron chi connectivity index (χ1n) is 20.0. The monoisotopic (exact) mass is 1380 g/mol. The molecule has 0 unspecified atom stereocenters. The number of hydrogen-bond acceptors (Lipinski definition) is 2. The van der Waals surface area contributed by atoms with E-state index in [2.05, 4.69) is 44.1 Å². The SMILES string of the molecule is CC(=[N-])n1[c-]c(C)c(C)c1.CC(=[N-])n1[c-]c(C)c(C)c1N.CC(=[N-])n1[c-]c(N)c(C)c1C.CC(=[N-])n1[c-]cc(C)c1C.Cc1[c-]n(C(=[N-])N)c(C)c1C.[CH-]=Cn1[c-]c(C)c(C)c1C.[Y].[Y].[Y].[Y].[Y].[Y]. The van der Waals surface area contributed by atoms with Crippen molar-refractivity contribution < 1.29 is 196 Å². The Morgan fingerprint density at radius 2 is 0.899 bits per heavy atom. The zero-order chi connectivity index (χ0) is 49.0. The van der Waals surface area contributed by atoms with Crippen LogP contribution in [0.2, 0.25) is 0 Å². The molecule has 0 amide bonds. The van der Waals surface area contributed by atoms with Gasteiger partial charge in [0.15, 0.2) is 0 Å². The second kappa shape index (κ2) is 37.5. The zero-order valence-electron chi connectivity index (χ0n) is 43.9. The summed E-state index contributed by atoms with van der Waals surface area (Å²) in [5.74, 6) is 1.21. The summed E-state index contributed by atoms with van der Waals surface area (Å²) < 4.78 is 9.48. The van der Waals surface area contributed by atoms with Gasteiger partial charge in [-0.05, 0) is 0 Å². The molecule has 0 aliphatic rings. The number of rotatable bonds is 1. The quantitative estimate of drug-likeness (QED) is 0.0834. The van der Waals surface area contributed by atoms with Crippen molar-refractivity contribution >= 4 is 47.0 Å². The molecule has 20 heteroatoms. The van der Waals surface area contributed by atoms with Crippen molar-refractivity contribution in [1.82, 2.24) is 27.4 Å². The van der Waals surface area contributed by atoms with E-state index in [-0.39, 0.29) is 226 Å². The second-order valence-electron chi connectivity index (χ2n) is 15.2. The Hall–Kier alpha value is -0.207. The molecular weight excluding hydrogens is 1320 g/mol. The summed E-state index contributed by atoms with van der Waals surface area (Å²) in [6.07, 6.45) is 21.0. The van der Waals surface area contributed by atoms with E-state index in [1.54, 1.807) is 41.4 Å². The molecular formula is C49H64N14Y6-12. The molecule has 0 atom stereocenters. The first kappa shape index (κ1) is 80.2. The molecule has 0 aromatic carbocycles. The Bertz CT molecular complexity index is 2440. The molecule has 6 heterocycles. The molecule has 0 spiro atoms. The van der Waals surface area contributed by atoms with Gasteiger partial charge in [-0.1, -0.05) is 142 Å². The van der Waals surface area contributed by atoms with Crippen LogP contribution in [0.3, 0.4) is 0 Å². The van der Waals surface area contributed by atoms with Crippen LogP contribution in [0.1, 0.15) is 106 Å². The first-order valence-corrected chi connectivity index (χ1v) is 20.0. The predicted octanol–water partition coefficient (Wildman–Crippen LogP) is 9.18. The summed E-state index contributed by atoms with van der Waals surface area (Å²) in [5, 5.41) is 45.3. The molecule has 0 aliphatic heterocycles. The minimum absolute atomic E-state index is 0. The Morgan fingerprint density at radius 1 is 0.478 bits per heavy atom. The van der Waals surface area contributed by atoms with Crippen LogP contribution in [0.25, 0.3) is 33.2 Å². The van der Waals surface area contributed by atoms with Crippen LogP contribution in [0.15, 0.2) is 12.3 Å². The van der Waals surface area contributed by atoms with Crippen molar-refractivity contribution in [2.75, 3.05) is 11.5 Å². The maximum absolute atomic E-state index is 9.14. The number of aromatic nitrogens is 6. The number of nitrogens with two attached hydrogens (primary N) is 3. The summed E-state index contributed by atoms with van der Waals surface area (Å²) in [6, 6.07) is 1.86. The van der Waals surface area contributed by atoms with Crippen LogP contribution in [-0.4, -0.2) is 56.7 Å². The molecule has 0 aliphatic carbocycles. The zero-order valence-corrected chi connectivity index (χ0v) is 61.0. The third kappa shape index (κ3) is 23.9. The van der Waals surface area contributed by atoms with Crippen LogP contribution in [0, 0.1) is 141 Å². The normalized spacial score (nSPS) is 9.13. The average Bonchev–Trinajstić information content (AvgIpc) is 4.01. The number of nitrogens with zero attached hydrogens (tertiary/aromatic N) is 11. The van der Waals surface area contributed by atoms with Crippen molar-refractivity contribution in [2.45, 2.75) is 125 Å². The molecule has 6 aromatic heterocycles. The largest absolute Gasteiger partial charge is 0.554 e. The summed E-state index contributed by atoms with van der Waals surface area (Å²) in [5.41, 5.74) is 31.9. The molecule has 6 N–H and O–H groups in total. The smallest absolute Gasteiger partial charge is 0 e. The van der Waals surface area contributed by atoms with Crippen LogP contribution in [0.4, 0.5) is 11.5 Å². The van der Waals surface area contributed by atoms with Gasteiger partial charge in [-0.15, -0.1) is 62.8 Å². The molecule has 0 bridgehead atoms. The summed E-state index contributed by atoms with van der Waals surface area (Å²) >= 11 is 0. The number of hydrogen-bond donors (Lipinski definition) is 3. The van der Waals surface area contributed by atoms with Gasteiger partial charge in [0, 0.05) is 196 Å². The van der Waals surface area contributed by atoms with Crippen molar-refractivity contribution in [2.24, 2.45) is 5.73 Å². The van der Waals surface area contributed by atoms with Crippen molar-refractivity contribution in [3.63, 3.8) is 0 Å². The molecule has 0 saturated heterocycles. The van der Waals surface area contributed by atoms with Gasteiger partial charge >= 0.3 is 0 Å². The number of anilines is 2. The van der Waals surface area contributed by atoms with Crippen molar-refractivity contribution in [3.8, 4) is 0 Å². The molecule has 69 heavy (non-hydrogen) atoms. The molecule has 6 rings (SSSR count). The minimum Gasteiger partial charge on any atom is -0.554 e. The number of nitrogen functional groups attached to an aromatic ring is 2.